The van der Waals surface area contributed by atoms with Crippen LogP contribution in [0.2, 0.25) is 0 Å². The van der Waals surface area contributed by atoms with Gasteiger partial charge in [-0.25, -0.2) is 4.79 Å². The molecule has 2 N–H and O–H groups in total. The number of carboxylic acids is 1. The van der Waals surface area contributed by atoms with Gasteiger partial charge in [-0.05, 0) is 12.3 Å². The Hall–Kier alpha value is -1.26. The number of hydrogen-bond acceptors (Lipinski definition) is 2. The molecule has 1 saturated heterocycles. The molecule has 5 nitrogen and oxygen atoms in total. The number of rotatable bonds is 2. The maximum atomic E-state index is 11.4. The molecule has 1 aliphatic rings. The Morgan fingerprint density at radius 2 is 2.07 bits per heavy atom. The first-order valence-corrected chi connectivity index (χ1v) is 5.14. The molecule has 1 aliphatic heterocycles. The van der Waals surface area contributed by atoms with Crippen LogP contribution in [0.25, 0.3) is 0 Å². The Morgan fingerprint density at radius 3 is 2.40 bits per heavy atom. The van der Waals surface area contributed by atoms with Crippen molar-refractivity contribution in [1.29, 1.82) is 0 Å². The molecular formula is C10H18N2O3. The van der Waals surface area contributed by atoms with Crippen LogP contribution >= 0.6 is 0 Å². The number of carboxylic acid groups (broad SMARTS) is 1. The molecule has 1 unspecified atom stereocenters. The third kappa shape index (κ3) is 1.91. The van der Waals surface area contributed by atoms with E-state index in [2.05, 4.69) is 5.32 Å². The van der Waals surface area contributed by atoms with Crippen molar-refractivity contribution in [3.8, 4) is 0 Å². The van der Waals surface area contributed by atoms with E-state index in [4.69, 9.17) is 0 Å². The minimum absolute atomic E-state index is 0.0321. The Labute approximate surface area is 89.4 Å². The van der Waals surface area contributed by atoms with Gasteiger partial charge in [0.1, 0.15) is 0 Å². The summed E-state index contributed by atoms with van der Waals surface area (Å²) in [4.78, 5) is 24.2. The summed E-state index contributed by atoms with van der Waals surface area (Å²) in [5, 5.41) is 11.8. The molecule has 86 valence electrons. The fourth-order valence-corrected chi connectivity index (χ4v) is 2.06. The Morgan fingerprint density at radius 1 is 1.47 bits per heavy atom. The average Bonchev–Trinajstić information content (AvgIpc) is 2.62. The third-order valence-electron chi connectivity index (χ3n) is 3.33. The minimum atomic E-state index is -0.802. The van der Waals surface area contributed by atoms with Crippen molar-refractivity contribution in [1.82, 2.24) is 10.2 Å². The largest absolute Gasteiger partial charge is 0.481 e. The van der Waals surface area contributed by atoms with Gasteiger partial charge in [0, 0.05) is 20.1 Å². The van der Waals surface area contributed by atoms with E-state index in [0.717, 1.165) is 0 Å². The molecule has 0 aliphatic carbocycles. The van der Waals surface area contributed by atoms with E-state index in [-0.39, 0.29) is 11.9 Å². The zero-order chi connectivity index (χ0) is 11.6. The number of aliphatic carboxylic acids is 1. The second kappa shape index (κ2) is 4.08. The lowest BCUT2D eigenvalue weighted by atomic mass is 9.76. The average molecular weight is 214 g/mol. The summed E-state index contributed by atoms with van der Waals surface area (Å²) in [6.07, 6.45) is 0.535. The summed E-state index contributed by atoms with van der Waals surface area (Å²) in [6, 6.07) is -0.196. The van der Waals surface area contributed by atoms with Crippen LogP contribution in [0.1, 0.15) is 20.3 Å². The van der Waals surface area contributed by atoms with Crippen molar-refractivity contribution >= 4 is 12.0 Å². The van der Waals surface area contributed by atoms with Gasteiger partial charge in [-0.15, -0.1) is 0 Å². The monoisotopic (exact) mass is 214 g/mol. The lowest BCUT2D eigenvalue weighted by Gasteiger charge is -2.28. The minimum Gasteiger partial charge on any atom is -0.481 e. The van der Waals surface area contributed by atoms with E-state index in [1.54, 1.807) is 11.9 Å². The fourth-order valence-electron chi connectivity index (χ4n) is 2.06. The zero-order valence-corrected chi connectivity index (χ0v) is 9.41. The number of amides is 2. The predicted molar refractivity (Wildman–Crippen MR) is 55.6 cm³/mol. The van der Waals surface area contributed by atoms with Crippen LogP contribution in [-0.4, -0.2) is 42.1 Å². The number of urea groups is 1. The van der Waals surface area contributed by atoms with Crippen molar-refractivity contribution in [2.75, 3.05) is 20.1 Å². The van der Waals surface area contributed by atoms with E-state index in [1.165, 1.54) is 0 Å². The molecule has 0 aromatic rings. The zero-order valence-electron chi connectivity index (χ0n) is 9.41. The SMILES string of the molecule is CNC(=O)N1CCC(C(=O)O)(C(C)C)C1. The number of hydrogen-bond donors (Lipinski definition) is 2. The highest BCUT2D eigenvalue weighted by Crippen LogP contribution is 2.38. The van der Waals surface area contributed by atoms with Crippen molar-refractivity contribution in [2.24, 2.45) is 11.3 Å². The molecule has 0 radical (unpaired) electrons. The fraction of sp³-hybridized carbons (Fsp3) is 0.800. The van der Waals surface area contributed by atoms with Crippen molar-refractivity contribution in [3.63, 3.8) is 0 Å². The molecule has 1 heterocycles. The van der Waals surface area contributed by atoms with Crippen LogP contribution < -0.4 is 5.32 Å². The topological polar surface area (TPSA) is 69.6 Å². The molecule has 15 heavy (non-hydrogen) atoms. The van der Waals surface area contributed by atoms with E-state index in [9.17, 15) is 14.7 Å². The standard InChI is InChI=1S/C10H18N2O3/c1-7(2)10(8(13)14)4-5-12(6-10)9(15)11-3/h7H,4-6H2,1-3H3,(H,11,15)(H,13,14). The highest BCUT2D eigenvalue weighted by atomic mass is 16.4. The molecule has 0 saturated carbocycles. The molecule has 1 atom stereocenters. The van der Waals surface area contributed by atoms with Crippen LogP contribution in [0.15, 0.2) is 0 Å². The van der Waals surface area contributed by atoms with Crippen LogP contribution in [0.5, 0.6) is 0 Å². The summed E-state index contributed by atoms with van der Waals surface area (Å²) in [5.74, 6) is -0.770. The maximum absolute atomic E-state index is 11.4. The summed E-state index contributed by atoms with van der Waals surface area (Å²) >= 11 is 0. The predicted octanol–water partition coefficient (Wildman–Crippen LogP) is 0.758. The molecule has 1 rings (SSSR count). The van der Waals surface area contributed by atoms with Gasteiger partial charge in [-0.2, -0.15) is 0 Å². The van der Waals surface area contributed by atoms with Gasteiger partial charge in [-0.1, -0.05) is 13.8 Å². The second-order valence-corrected chi connectivity index (χ2v) is 4.34. The molecular weight excluding hydrogens is 196 g/mol. The molecule has 0 spiro atoms. The van der Waals surface area contributed by atoms with Gasteiger partial charge in [-0.3, -0.25) is 4.79 Å². The van der Waals surface area contributed by atoms with Gasteiger partial charge in [0.05, 0.1) is 5.41 Å². The Kier molecular flexibility index (Phi) is 3.21. The van der Waals surface area contributed by atoms with Gasteiger partial charge < -0.3 is 15.3 Å². The lowest BCUT2D eigenvalue weighted by molar-refractivity contribution is -0.150. The smallest absolute Gasteiger partial charge is 0.317 e. The summed E-state index contributed by atoms with van der Waals surface area (Å²) in [7, 11) is 1.55. The van der Waals surface area contributed by atoms with Crippen LogP contribution in [0, 0.1) is 11.3 Å². The number of nitrogens with zero attached hydrogens (tertiary/aromatic N) is 1. The maximum Gasteiger partial charge on any atom is 0.317 e. The Bertz CT molecular complexity index is 278. The molecule has 0 aromatic carbocycles. The molecule has 5 heteroatoms. The van der Waals surface area contributed by atoms with E-state index in [1.807, 2.05) is 13.8 Å². The van der Waals surface area contributed by atoms with Gasteiger partial charge in [0.15, 0.2) is 0 Å². The molecule has 0 aromatic heterocycles. The summed E-state index contributed by atoms with van der Waals surface area (Å²) in [6.45, 7) is 4.60. The highest BCUT2D eigenvalue weighted by Gasteiger charge is 2.48. The summed E-state index contributed by atoms with van der Waals surface area (Å²) in [5.41, 5.74) is -0.771. The third-order valence-corrected chi connectivity index (χ3v) is 3.33. The van der Waals surface area contributed by atoms with Crippen LogP contribution in [-0.2, 0) is 4.79 Å². The highest BCUT2D eigenvalue weighted by molar-refractivity contribution is 5.79. The van der Waals surface area contributed by atoms with Crippen LogP contribution in [0.3, 0.4) is 0 Å². The number of nitrogens with one attached hydrogen (secondary N) is 1. The molecule has 1 fully saturated rings. The van der Waals surface area contributed by atoms with E-state index < -0.39 is 11.4 Å². The lowest BCUT2D eigenvalue weighted by Crippen LogP contribution is -2.42. The van der Waals surface area contributed by atoms with Crippen molar-refractivity contribution in [2.45, 2.75) is 20.3 Å². The quantitative estimate of drug-likeness (QED) is 0.713. The van der Waals surface area contributed by atoms with E-state index in [0.29, 0.717) is 19.5 Å². The molecule has 2 amide bonds. The van der Waals surface area contributed by atoms with Gasteiger partial charge in [0.2, 0.25) is 0 Å². The van der Waals surface area contributed by atoms with E-state index >= 15 is 0 Å². The van der Waals surface area contributed by atoms with Crippen molar-refractivity contribution in [3.05, 3.63) is 0 Å². The first kappa shape index (κ1) is 11.8. The first-order valence-electron chi connectivity index (χ1n) is 5.14. The Balaban J connectivity index is 2.81. The normalized spacial score (nSPS) is 25.7. The second-order valence-electron chi connectivity index (χ2n) is 4.34. The number of carbonyl (C=O) groups excluding carboxylic acids is 1. The van der Waals surface area contributed by atoms with Gasteiger partial charge in [0.25, 0.3) is 0 Å². The van der Waals surface area contributed by atoms with Gasteiger partial charge >= 0.3 is 12.0 Å². The number of carbonyl (C=O) groups is 2. The van der Waals surface area contributed by atoms with Crippen molar-refractivity contribution < 1.29 is 14.7 Å². The summed E-state index contributed by atoms with van der Waals surface area (Å²) < 4.78 is 0. The molecule has 0 bridgehead atoms. The number of likely N-dealkylation sites (tertiary alicyclic amines) is 1. The first-order chi connectivity index (χ1) is 6.94. The van der Waals surface area contributed by atoms with Crippen LogP contribution in [0.4, 0.5) is 4.79 Å².